The number of hydrogen-bond acceptors (Lipinski definition) is 7. The Morgan fingerprint density at radius 2 is 1.70 bits per heavy atom. The van der Waals surface area contributed by atoms with Gasteiger partial charge in [-0.1, -0.05) is 36.4 Å². The molecule has 0 amide bonds. The van der Waals surface area contributed by atoms with Crippen molar-refractivity contribution in [1.82, 2.24) is 9.97 Å². The molecule has 0 bridgehead atoms. The van der Waals surface area contributed by atoms with Crippen molar-refractivity contribution in [2.24, 2.45) is 5.14 Å². The Labute approximate surface area is 191 Å². The maximum Gasteiger partial charge on any atom is 0.238 e. The van der Waals surface area contributed by atoms with Crippen LogP contribution in [0.25, 0.3) is 10.9 Å². The number of aromatic nitrogens is 2. The van der Waals surface area contributed by atoms with E-state index >= 15 is 0 Å². The van der Waals surface area contributed by atoms with Crippen molar-refractivity contribution in [3.63, 3.8) is 0 Å². The van der Waals surface area contributed by atoms with Crippen molar-refractivity contribution < 1.29 is 17.9 Å². The molecule has 0 unspecified atom stereocenters. The molecule has 0 radical (unpaired) electrons. The number of ketones is 1. The SMILES string of the molecule is CC(=O)Cc1ccc(COc2cccc3cnc(Nc4ccc(S(N)(=O)=O)cc4)nc23)cc1. The van der Waals surface area contributed by atoms with Gasteiger partial charge in [-0.15, -0.1) is 0 Å². The first-order chi connectivity index (χ1) is 15.8. The largest absolute Gasteiger partial charge is 0.487 e. The van der Waals surface area contributed by atoms with E-state index in [4.69, 9.17) is 9.88 Å². The Morgan fingerprint density at radius 3 is 2.36 bits per heavy atom. The third kappa shape index (κ3) is 5.71. The van der Waals surface area contributed by atoms with Crippen LogP contribution in [0.4, 0.5) is 11.6 Å². The second kappa shape index (κ2) is 9.35. The molecule has 1 heterocycles. The minimum absolute atomic E-state index is 0.0255. The molecule has 0 spiro atoms. The first-order valence-corrected chi connectivity index (χ1v) is 11.7. The number of sulfonamides is 1. The fourth-order valence-corrected chi connectivity index (χ4v) is 3.78. The average Bonchev–Trinajstić information content (AvgIpc) is 2.78. The molecule has 8 nitrogen and oxygen atoms in total. The number of primary sulfonamides is 1. The summed E-state index contributed by atoms with van der Waals surface area (Å²) >= 11 is 0. The molecule has 3 N–H and O–H groups in total. The summed E-state index contributed by atoms with van der Waals surface area (Å²) < 4.78 is 28.8. The van der Waals surface area contributed by atoms with E-state index in [1.54, 1.807) is 25.3 Å². The van der Waals surface area contributed by atoms with Crippen LogP contribution >= 0.6 is 0 Å². The summed E-state index contributed by atoms with van der Waals surface area (Å²) in [6.07, 6.45) is 2.11. The summed E-state index contributed by atoms with van der Waals surface area (Å²) in [6.45, 7) is 1.92. The van der Waals surface area contributed by atoms with Crippen molar-refractivity contribution in [2.45, 2.75) is 24.8 Å². The maximum absolute atomic E-state index is 11.4. The van der Waals surface area contributed by atoms with Gasteiger partial charge in [0.15, 0.2) is 0 Å². The first-order valence-electron chi connectivity index (χ1n) is 10.1. The molecule has 9 heteroatoms. The number of hydrogen-bond donors (Lipinski definition) is 2. The predicted molar refractivity (Wildman–Crippen MR) is 126 cm³/mol. The number of Topliss-reactive ketones (excluding diaryl/α,β-unsaturated/α-hetero) is 1. The first kappa shape index (κ1) is 22.4. The van der Waals surface area contributed by atoms with Gasteiger partial charge in [-0.3, -0.25) is 4.79 Å². The smallest absolute Gasteiger partial charge is 0.238 e. The Kier molecular flexibility index (Phi) is 6.34. The predicted octanol–water partition coefficient (Wildman–Crippen LogP) is 3.73. The fraction of sp³-hybridized carbons (Fsp3) is 0.125. The number of nitrogens with two attached hydrogens (primary N) is 1. The molecule has 0 fully saturated rings. The van der Waals surface area contributed by atoms with Crippen LogP contribution in [0.15, 0.2) is 77.8 Å². The molecule has 0 aliphatic carbocycles. The van der Waals surface area contributed by atoms with E-state index in [0.29, 0.717) is 35.9 Å². The lowest BCUT2D eigenvalue weighted by atomic mass is 10.1. The maximum atomic E-state index is 11.4. The van der Waals surface area contributed by atoms with Gasteiger partial charge in [-0.2, -0.15) is 0 Å². The topological polar surface area (TPSA) is 124 Å². The molecule has 33 heavy (non-hydrogen) atoms. The minimum Gasteiger partial charge on any atom is -0.487 e. The van der Waals surface area contributed by atoms with Crippen molar-refractivity contribution in [3.05, 3.63) is 84.1 Å². The highest BCUT2D eigenvalue weighted by atomic mass is 32.2. The lowest BCUT2D eigenvalue weighted by molar-refractivity contribution is -0.116. The Hall–Kier alpha value is -3.82. The molecule has 0 aliphatic heterocycles. The summed E-state index contributed by atoms with van der Waals surface area (Å²) in [5.74, 6) is 1.07. The zero-order valence-electron chi connectivity index (χ0n) is 17.9. The van der Waals surface area contributed by atoms with Gasteiger partial charge in [-0.05, 0) is 48.4 Å². The standard InChI is InChI=1S/C24H22N4O4S/c1-16(29)13-17-5-7-18(8-6-17)15-32-22-4-2-3-19-14-26-24(28-23(19)22)27-20-9-11-21(12-10-20)33(25,30)31/h2-12,14H,13,15H2,1H3,(H2,25,30,31)(H,26,27,28). The number of nitrogens with zero attached hydrogens (tertiary/aromatic N) is 2. The van der Waals surface area contributed by atoms with Gasteiger partial charge in [-0.25, -0.2) is 23.5 Å². The molecule has 0 atom stereocenters. The van der Waals surface area contributed by atoms with Crippen molar-refractivity contribution >= 4 is 38.3 Å². The van der Waals surface area contributed by atoms with E-state index in [1.807, 2.05) is 42.5 Å². The number of rotatable bonds is 8. The molecular formula is C24H22N4O4S. The molecule has 4 rings (SSSR count). The molecule has 168 valence electrons. The van der Waals surface area contributed by atoms with Crippen LogP contribution in [0.2, 0.25) is 0 Å². The number of nitrogens with one attached hydrogen (secondary N) is 1. The van der Waals surface area contributed by atoms with Crippen LogP contribution < -0.4 is 15.2 Å². The van der Waals surface area contributed by atoms with Gasteiger partial charge in [0.05, 0.1) is 4.90 Å². The third-order valence-corrected chi connectivity index (χ3v) is 5.81. The van der Waals surface area contributed by atoms with Crippen LogP contribution in [0, 0.1) is 0 Å². The summed E-state index contributed by atoms with van der Waals surface area (Å²) in [7, 11) is -3.75. The summed E-state index contributed by atoms with van der Waals surface area (Å²) in [6, 6.07) is 19.3. The summed E-state index contributed by atoms with van der Waals surface area (Å²) in [4.78, 5) is 20.2. The number of carbonyl (C=O) groups is 1. The summed E-state index contributed by atoms with van der Waals surface area (Å²) in [5, 5.41) is 9.01. The van der Waals surface area contributed by atoms with Crippen LogP contribution in [-0.4, -0.2) is 24.2 Å². The highest BCUT2D eigenvalue weighted by Gasteiger charge is 2.09. The Morgan fingerprint density at radius 1 is 1.00 bits per heavy atom. The number of carbonyl (C=O) groups excluding carboxylic acids is 1. The van der Waals surface area contributed by atoms with Gasteiger partial charge in [0.1, 0.15) is 23.7 Å². The van der Waals surface area contributed by atoms with Crippen molar-refractivity contribution in [2.75, 3.05) is 5.32 Å². The molecular weight excluding hydrogens is 440 g/mol. The number of anilines is 2. The van der Waals surface area contributed by atoms with E-state index in [-0.39, 0.29) is 10.7 Å². The number of benzene rings is 3. The number of ether oxygens (including phenoxy) is 1. The summed E-state index contributed by atoms with van der Waals surface area (Å²) in [5.41, 5.74) is 3.20. The fourth-order valence-electron chi connectivity index (χ4n) is 3.26. The van der Waals surface area contributed by atoms with Crippen LogP contribution in [-0.2, 0) is 27.8 Å². The Bertz CT molecular complexity index is 1400. The zero-order chi connectivity index (χ0) is 23.4. The van der Waals surface area contributed by atoms with Gasteiger partial charge < -0.3 is 10.1 Å². The number of fused-ring (bicyclic) bond motifs is 1. The number of para-hydroxylation sites is 1. The molecule has 0 aliphatic rings. The molecule has 0 saturated carbocycles. The molecule has 4 aromatic rings. The van der Waals surface area contributed by atoms with E-state index in [0.717, 1.165) is 16.5 Å². The zero-order valence-corrected chi connectivity index (χ0v) is 18.7. The van der Waals surface area contributed by atoms with Gasteiger partial charge in [0.25, 0.3) is 0 Å². The van der Waals surface area contributed by atoms with Gasteiger partial charge in [0, 0.05) is 23.7 Å². The molecule has 3 aromatic carbocycles. The second-order valence-corrected chi connectivity index (χ2v) is 9.13. The van der Waals surface area contributed by atoms with Crippen molar-refractivity contribution in [1.29, 1.82) is 0 Å². The van der Waals surface area contributed by atoms with Gasteiger partial charge >= 0.3 is 0 Å². The second-order valence-electron chi connectivity index (χ2n) is 7.57. The average molecular weight is 463 g/mol. The van der Waals surface area contributed by atoms with E-state index < -0.39 is 10.0 Å². The van der Waals surface area contributed by atoms with Crippen LogP contribution in [0.3, 0.4) is 0 Å². The highest BCUT2D eigenvalue weighted by molar-refractivity contribution is 7.89. The molecule has 1 aromatic heterocycles. The normalized spacial score (nSPS) is 11.3. The van der Waals surface area contributed by atoms with Crippen LogP contribution in [0.5, 0.6) is 5.75 Å². The van der Waals surface area contributed by atoms with Gasteiger partial charge in [0.2, 0.25) is 16.0 Å². The molecule has 0 saturated heterocycles. The van der Waals surface area contributed by atoms with Crippen molar-refractivity contribution in [3.8, 4) is 5.75 Å². The third-order valence-electron chi connectivity index (χ3n) is 4.88. The monoisotopic (exact) mass is 462 g/mol. The Balaban J connectivity index is 1.51. The minimum atomic E-state index is -3.75. The quantitative estimate of drug-likeness (QED) is 0.409. The van der Waals surface area contributed by atoms with E-state index in [2.05, 4.69) is 15.3 Å². The van der Waals surface area contributed by atoms with E-state index in [9.17, 15) is 13.2 Å². The lowest BCUT2D eigenvalue weighted by Crippen LogP contribution is -2.11. The lowest BCUT2D eigenvalue weighted by Gasteiger charge is -2.11. The van der Waals surface area contributed by atoms with E-state index in [1.165, 1.54) is 12.1 Å². The van der Waals surface area contributed by atoms with Crippen LogP contribution in [0.1, 0.15) is 18.1 Å². The highest BCUT2D eigenvalue weighted by Crippen LogP contribution is 2.26.